The van der Waals surface area contributed by atoms with Gasteiger partial charge in [0.05, 0.1) is 13.2 Å². The number of hydrogen-bond acceptors (Lipinski definition) is 2. The predicted octanol–water partition coefficient (Wildman–Crippen LogP) is 2.67. The third-order valence-corrected chi connectivity index (χ3v) is 3.21. The fraction of sp³-hybridized carbons (Fsp3) is 0.500. The van der Waals surface area contributed by atoms with Crippen molar-refractivity contribution in [1.82, 2.24) is 5.32 Å². The fourth-order valence-corrected chi connectivity index (χ4v) is 1.99. The second kappa shape index (κ2) is 5.21. The molecule has 1 aliphatic rings. The van der Waals surface area contributed by atoms with Crippen molar-refractivity contribution in [3.63, 3.8) is 0 Å². The summed E-state index contributed by atoms with van der Waals surface area (Å²) in [6, 6.07) is 8.15. The molecule has 1 N–H and O–H groups in total. The SMILES string of the molecule is CCC(=O)NC(c1ccc(OC)cc1)C1CC1. The Hall–Kier alpha value is -1.51. The van der Waals surface area contributed by atoms with Gasteiger partial charge in [0.2, 0.25) is 5.91 Å². The van der Waals surface area contributed by atoms with Crippen molar-refractivity contribution in [3.8, 4) is 5.75 Å². The average Bonchev–Trinajstić information content (AvgIpc) is 3.20. The number of nitrogens with one attached hydrogen (secondary N) is 1. The fourth-order valence-electron chi connectivity index (χ4n) is 1.99. The van der Waals surface area contributed by atoms with E-state index in [1.165, 1.54) is 18.4 Å². The Bertz CT molecular complexity index is 382. The monoisotopic (exact) mass is 233 g/mol. The van der Waals surface area contributed by atoms with E-state index in [0.717, 1.165) is 5.75 Å². The molecular weight excluding hydrogens is 214 g/mol. The van der Waals surface area contributed by atoms with Crippen LogP contribution in [0.3, 0.4) is 0 Å². The van der Waals surface area contributed by atoms with E-state index in [9.17, 15) is 4.79 Å². The zero-order valence-corrected chi connectivity index (χ0v) is 10.4. The second-order valence-electron chi connectivity index (χ2n) is 4.51. The van der Waals surface area contributed by atoms with Crippen molar-refractivity contribution >= 4 is 5.91 Å². The molecular formula is C14H19NO2. The molecule has 2 rings (SSSR count). The standard InChI is InChI=1S/C14H19NO2/c1-3-13(16)15-14(10-4-5-10)11-6-8-12(17-2)9-7-11/h6-10,14H,3-5H2,1-2H3,(H,15,16). The van der Waals surface area contributed by atoms with Gasteiger partial charge in [-0.15, -0.1) is 0 Å². The van der Waals surface area contributed by atoms with E-state index in [4.69, 9.17) is 4.74 Å². The molecule has 0 bridgehead atoms. The summed E-state index contributed by atoms with van der Waals surface area (Å²) in [5.74, 6) is 1.58. The predicted molar refractivity (Wildman–Crippen MR) is 66.9 cm³/mol. The number of carbonyl (C=O) groups excluding carboxylic acids is 1. The summed E-state index contributed by atoms with van der Waals surface area (Å²) in [4.78, 5) is 11.5. The lowest BCUT2D eigenvalue weighted by molar-refractivity contribution is -0.121. The molecule has 1 aliphatic carbocycles. The van der Waals surface area contributed by atoms with Crippen molar-refractivity contribution in [2.45, 2.75) is 32.2 Å². The minimum Gasteiger partial charge on any atom is -0.497 e. The summed E-state index contributed by atoms with van der Waals surface area (Å²) in [6.07, 6.45) is 2.96. The molecule has 1 aromatic rings. The maximum Gasteiger partial charge on any atom is 0.220 e. The highest BCUT2D eigenvalue weighted by Crippen LogP contribution is 2.41. The molecule has 1 fully saturated rings. The highest BCUT2D eigenvalue weighted by molar-refractivity contribution is 5.76. The van der Waals surface area contributed by atoms with Crippen LogP contribution in [0.25, 0.3) is 0 Å². The molecule has 0 aromatic heterocycles. The first-order chi connectivity index (χ1) is 8.24. The van der Waals surface area contributed by atoms with Crippen LogP contribution >= 0.6 is 0 Å². The van der Waals surface area contributed by atoms with Crippen LogP contribution in [-0.4, -0.2) is 13.0 Å². The number of carbonyl (C=O) groups is 1. The molecule has 1 aromatic carbocycles. The van der Waals surface area contributed by atoms with E-state index >= 15 is 0 Å². The molecule has 1 atom stereocenters. The maximum atomic E-state index is 11.5. The summed E-state index contributed by atoms with van der Waals surface area (Å²) in [6.45, 7) is 1.88. The topological polar surface area (TPSA) is 38.3 Å². The van der Waals surface area contributed by atoms with Gasteiger partial charge in [0, 0.05) is 6.42 Å². The second-order valence-corrected chi connectivity index (χ2v) is 4.51. The van der Waals surface area contributed by atoms with Gasteiger partial charge in [-0.1, -0.05) is 19.1 Å². The molecule has 1 amide bonds. The van der Waals surface area contributed by atoms with Crippen molar-refractivity contribution in [2.24, 2.45) is 5.92 Å². The van der Waals surface area contributed by atoms with Gasteiger partial charge < -0.3 is 10.1 Å². The number of rotatable bonds is 5. The average molecular weight is 233 g/mol. The first-order valence-electron chi connectivity index (χ1n) is 6.18. The lowest BCUT2D eigenvalue weighted by Crippen LogP contribution is -2.29. The van der Waals surface area contributed by atoms with Gasteiger partial charge in [-0.3, -0.25) is 4.79 Å². The van der Waals surface area contributed by atoms with Crippen LogP contribution in [0.2, 0.25) is 0 Å². The summed E-state index contributed by atoms with van der Waals surface area (Å²) in [5.41, 5.74) is 1.18. The summed E-state index contributed by atoms with van der Waals surface area (Å²) in [7, 11) is 1.66. The van der Waals surface area contributed by atoms with E-state index < -0.39 is 0 Å². The Morgan fingerprint density at radius 3 is 2.53 bits per heavy atom. The van der Waals surface area contributed by atoms with Gasteiger partial charge in [0.15, 0.2) is 0 Å². The Morgan fingerprint density at radius 2 is 2.06 bits per heavy atom. The minimum atomic E-state index is 0.123. The Morgan fingerprint density at radius 1 is 1.41 bits per heavy atom. The molecule has 0 radical (unpaired) electrons. The normalized spacial score (nSPS) is 16.4. The molecule has 0 spiro atoms. The van der Waals surface area contributed by atoms with Gasteiger partial charge in [0.25, 0.3) is 0 Å². The van der Waals surface area contributed by atoms with Crippen LogP contribution in [0, 0.1) is 5.92 Å². The zero-order valence-electron chi connectivity index (χ0n) is 10.4. The first-order valence-corrected chi connectivity index (χ1v) is 6.18. The molecule has 1 unspecified atom stereocenters. The lowest BCUT2D eigenvalue weighted by atomic mass is 10.0. The minimum absolute atomic E-state index is 0.123. The largest absolute Gasteiger partial charge is 0.497 e. The molecule has 3 nitrogen and oxygen atoms in total. The van der Waals surface area contributed by atoms with Crippen LogP contribution in [-0.2, 0) is 4.79 Å². The number of methoxy groups -OCH3 is 1. The van der Waals surface area contributed by atoms with E-state index in [-0.39, 0.29) is 11.9 Å². The number of amides is 1. The van der Waals surface area contributed by atoms with Crippen LogP contribution < -0.4 is 10.1 Å². The Labute approximate surface area is 102 Å². The highest BCUT2D eigenvalue weighted by atomic mass is 16.5. The summed E-state index contributed by atoms with van der Waals surface area (Å²) in [5, 5.41) is 3.10. The molecule has 17 heavy (non-hydrogen) atoms. The quantitative estimate of drug-likeness (QED) is 0.849. The third kappa shape index (κ3) is 2.99. The zero-order chi connectivity index (χ0) is 12.3. The van der Waals surface area contributed by atoms with Crippen molar-refractivity contribution in [3.05, 3.63) is 29.8 Å². The van der Waals surface area contributed by atoms with Crippen molar-refractivity contribution in [1.29, 1.82) is 0 Å². The van der Waals surface area contributed by atoms with Gasteiger partial charge in [-0.25, -0.2) is 0 Å². The van der Waals surface area contributed by atoms with E-state index in [0.29, 0.717) is 12.3 Å². The van der Waals surface area contributed by atoms with Crippen LogP contribution in [0.15, 0.2) is 24.3 Å². The Kier molecular flexibility index (Phi) is 3.67. The van der Waals surface area contributed by atoms with Gasteiger partial charge in [0.1, 0.15) is 5.75 Å². The molecule has 3 heteroatoms. The molecule has 1 saturated carbocycles. The van der Waals surface area contributed by atoms with E-state index in [1.54, 1.807) is 7.11 Å². The van der Waals surface area contributed by atoms with Gasteiger partial charge in [-0.05, 0) is 36.5 Å². The Balaban J connectivity index is 2.11. The molecule has 0 aliphatic heterocycles. The van der Waals surface area contributed by atoms with Crippen molar-refractivity contribution in [2.75, 3.05) is 7.11 Å². The number of ether oxygens (including phenoxy) is 1. The van der Waals surface area contributed by atoms with Crippen LogP contribution in [0.5, 0.6) is 5.75 Å². The van der Waals surface area contributed by atoms with Crippen molar-refractivity contribution < 1.29 is 9.53 Å². The van der Waals surface area contributed by atoms with E-state index in [1.807, 2.05) is 31.2 Å². The third-order valence-electron chi connectivity index (χ3n) is 3.21. The number of benzene rings is 1. The number of hydrogen-bond donors (Lipinski definition) is 1. The van der Waals surface area contributed by atoms with Crippen LogP contribution in [0.4, 0.5) is 0 Å². The molecule has 0 saturated heterocycles. The van der Waals surface area contributed by atoms with Crippen LogP contribution in [0.1, 0.15) is 37.8 Å². The maximum absolute atomic E-state index is 11.5. The summed E-state index contributed by atoms with van der Waals surface area (Å²) < 4.78 is 5.14. The molecule has 92 valence electrons. The van der Waals surface area contributed by atoms with Gasteiger partial charge >= 0.3 is 0 Å². The highest BCUT2D eigenvalue weighted by Gasteiger charge is 2.33. The lowest BCUT2D eigenvalue weighted by Gasteiger charge is -2.18. The van der Waals surface area contributed by atoms with Gasteiger partial charge in [-0.2, -0.15) is 0 Å². The summed E-state index contributed by atoms with van der Waals surface area (Å²) >= 11 is 0. The van der Waals surface area contributed by atoms with E-state index in [2.05, 4.69) is 5.32 Å². The first kappa shape index (κ1) is 12.0. The molecule has 0 heterocycles. The smallest absolute Gasteiger partial charge is 0.220 e.